The number of nitrogens with zero attached hydrogens (tertiary/aromatic N) is 9. The molecule has 504 valence electrons. The topological polar surface area (TPSA) is 233 Å². The van der Waals surface area contributed by atoms with Gasteiger partial charge in [0.1, 0.15) is 19.8 Å². The van der Waals surface area contributed by atoms with E-state index < -0.39 is 23.0 Å². The predicted octanol–water partition coefficient (Wildman–Crippen LogP) is 9.12. The van der Waals surface area contributed by atoms with Crippen LogP contribution in [0.15, 0.2) is 0 Å². The molecule has 0 bridgehead atoms. The number of rotatable bonds is 33. The lowest BCUT2D eigenvalue weighted by Crippen LogP contribution is -2.49. The highest BCUT2D eigenvalue weighted by Gasteiger charge is 2.41. The summed E-state index contributed by atoms with van der Waals surface area (Å²) in [6.07, 6.45) is 2.54. The van der Waals surface area contributed by atoms with Crippen molar-refractivity contribution in [1.82, 2.24) is 42.7 Å². The average Bonchev–Trinajstić information content (AvgIpc) is 3.76. The number of ether oxygens (including phenoxy) is 8. The van der Waals surface area contributed by atoms with E-state index in [1.54, 1.807) is 71.0 Å². The molecule has 3 aliphatic heterocycles. The van der Waals surface area contributed by atoms with Gasteiger partial charge in [0.15, 0.2) is 0 Å². The van der Waals surface area contributed by atoms with Crippen molar-refractivity contribution in [2.45, 2.75) is 109 Å². The minimum absolute atomic E-state index is 0.0723. The van der Waals surface area contributed by atoms with E-state index in [1.807, 2.05) is 62.5 Å². The van der Waals surface area contributed by atoms with Crippen LogP contribution in [0.3, 0.4) is 0 Å². The number of amides is 3. The third-order valence-corrected chi connectivity index (χ3v) is 20.3. The molecular weight excluding hydrogens is 1160 g/mol. The minimum atomic E-state index is -3.13. The van der Waals surface area contributed by atoms with Crippen molar-refractivity contribution in [3.05, 3.63) is 0 Å². The van der Waals surface area contributed by atoms with Crippen LogP contribution in [0.25, 0.3) is 0 Å². The zero-order chi connectivity index (χ0) is 64.3. The van der Waals surface area contributed by atoms with Gasteiger partial charge in [-0.25, -0.2) is 42.4 Å². The van der Waals surface area contributed by atoms with E-state index >= 15 is 0 Å². The van der Waals surface area contributed by atoms with E-state index in [2.05, 4.69) is 34.6 Å². The van der Waals surface area contributed by atoms with Gasteiger partial charge in [-0.15, -0.1) is 0 Å². The molecule has 0 saturated carbocycles. The van der Waals surface area contributed by atoms with Crippen molar-refractivity contribution in [2.24, 2.45) is 16.2 Å². The first-order chi connectivity index (χ1) is 39.8. The molecule has 85 heavy (non-hydrogen) atoms. The molecule has 3 fully saturated rings. The Bertz CT molecular complexity index is 1960. The van der Waals surface area contributed by atoms with Crippen LogP contribution in [0.2, 0.25) is 0 Å². The summed E-state index contributed by atoms with van der Waals surface area (Å²) in [6, 6.07) is 0. The molecule has 0 aromatic heterocycles. The molecular formula is C56H118N9O17P3. The molecule has 3 aliphatic rings. The van der Waals surface area contributed by atoms with Gasteiger partial charge < -0.3 is 66.2 Å². The Morgan fingerprint density at radius 2 is 0.565 bits per heavy atom. The molecule has 0 aromatic carbocycles. The maximum Gasteiger partial charge on any atom is 0.409 e. The fourth-order valence-electron chi connectivity index (χ4n) is 7.80. The van der Waals surface area contributed by atoms with Gasteiger partial charge >= 0.3 is 41.3 Å². The highest BCUT2D eigenvalue weighted by molar-refractivity contribution is 7.54. The molecule has 0 radical (unpaired) electrons. The fourth-order valence-corrected chi connectivity index (χ4v) is 14.3. The zero-order valence-corrected chi connectivity index (χ0v) is 58.6. The highest BCUT2D eigenvalue weighted by atomic mass is 31.2. The van der Waals surface area contributed by atoms with Crippen LogP contribution in [-0.2, 0) is 65.2 Å². The number of carbonyl (C=O) groups excluding carboxylic acids is 3. The molecule has 0 spiro atoms. The summed E-state index contributed by atoms with van der Waals surface area (Å²) in [5.74, 6) is 0. The molecule has 3 saturated heterocycles. The summed E-state index contributed by atoms with van der Waals surface area (Å²) in [4.78, 5) is 41.6. The maximum absolute atomic E-state index is 13.6. The second-order valence-corrected chi connectivity index (χ2v) is 32.9. The summed E-state index contributed by atoms with van der Waals surface area (Å²) >= 11 is 0. The maximum atomic E-state index is 13.6. The first-order valence-electron chi connectivity index (χ1n) is 30.5. The van der Waals surface area contributed by atoms with Crippen molar-refractivity contribution >= 4 is 41.3 Å². The Kier molecular flexibility index (Phi) is 40.1. The van der Waals surface area contributed by atoms with Crippen LogP contribution in [0.1, 0.15) is 109 Å². The van der Waals surface area contributed by atoms with Gasteiger partial charge in [-0.1, -0.05) is 83.1 Å². The standard InChI is InChI=1S/C20H42N3O6P.C19H40N3O6P.C17H36N3O5P/c1-7-13-26-14-15-27-16-17-28-19(24)22-9-8-10-23(12-11-22)30(25,21(5)6)29-18-20(2,3)4;1-7-12-25-13-14-26-15-16-27-18(23)21-8-10-22(11-9-21)29(24,20(5)6)28-17-19(2,3)4;1-7-12-23-13-14-24-16(21)19-8-10-20(11-9-19)26(22,18(5)6)25-15-17(2,3)4/h7-18H2,1-6H3;7-17H2,1-6H3;7-15H2,1-6H3. The van der Waals surface area contributed by atoms with Crippen LogP contribution in [0.4, 0.5) is 14.4 Å². The van der Waals surface area contributed by atoms with Crippen molar-refractivity contribution in [3.63, 3.8) is 0 Å². The molecule has 3 unspecified atom stereocenters. The third kappa shape index (κ3) is 33.5. The van der Waals surface area contributed by atoms with E-state index in [9.17, 15) is 28.1 Å². The Balaban J connectivity index is 0.000000639. The molecule has 29 heteroatoms. The van der Waals surface area contributed by atoms with E-state index in [0.29, 0.717) is 158 Å². The monoisotopic (exact) mass is 1280 g/mol. The SMILES string of the molecule is CCCOCCOC(=O)N1CCN(P(=O)(OCC(C)(C)C)N(C)C)CC1.CCCOCCOCCOC(=O)N1CCCN(P(=O)(OCC(C)(C)C)N(C)C)CC1.CCCOCCOCCOC(=O)N1CCN(P(=O)(OCC(C)(C)C)N(C)C)CC1. The lowest BCUT2D eigenvalue weighted by molar-refractivity contribution is 0.0198. The molecule has 0 N–H and O–H groups in total. The highest BCUT2D eigenvalue weighted by Crippen LogP contribution is 2.55. The van der Waals surface area contributed by atoms with E-state index in [1.165, 1.54) is 0 Å². The third-order valence-electron chi connectivity index (χ3n) is 12.5. The minimum Gasteiger partial charge on any atom is -0.447 e. The Morgan fingerprint density at radius 1 is 0.341 bits per heavy atom. The van der Waals surface area contributed by atoms with Gasteiger partial charge in [-0.3, -0.25) is 13.7 Å². The summed E-state index contributed by atoms with van der Waals surface area (Å²) in [7, 11) is 1.27. The van der Waals surface area contributed by atoms with Gasteiger partial charge in [0.2, 0.25) is 0 Å². The van der Waals surface area contributed by atoms with Gasteiger partial charge in [0.25, 0.3) is 0 Å². The van der Waals surface area contributed by atoms with Gasteiger partial charge in [0, 0.05) is 98.4 Å². The molecule has 3 rings (SSSR count). The van der Waals surface area contributed by atoms with Crippen molar-refractivity contribution in [1.29, 1.82) is 0 Å². The lowest BCUT2D eigenvalue weighted by atomic mass is 9.99. The molecule has 3 atom stereocenters. The first-order valence-corrected chi connectivity index (χ1v) is 35.1. The summed E-state index contributed by atoms with van der Waals surface area (Å²) in [6.45, 7) is 37.6. The predicted molar refractivity (Wildman–Crippen MR) is 333 cm³/mol. The smallest absolute Gasteiger partial charge is 0.409 e. The summed E-state index contributed by atoms with van der Waals surface area (Å²) < 4.78 is 111. The van der Waals surface area contributed by atoms with E-state index in [0.717, 1.165) is 32.5 Å². The molecule has 0 aromatic rings. The Morgan fingerprint density at radius 3 is 0.800 bits per heavy atom. The fraction of sp³-hybridized carbons (Fsp3) is 0.946. The second-order valence-electron chi connectivity index (χ2n) is 25.1. The van der Waals surface area contributed by atoms with Crippen LogP contribution >= 0.6 is 23.0 Å². The number of carbonyl (C=O) groups is 3. The van der Waals surface area contributed by atoms with E-state index in [-0.39, 0.29) is 54.3 Å². The largest absolute Gasteiger partial charge is 0.447 e. The quantitative estimate of drug-likeness (QED) is 0.0338. The molecule has 3 heterocycles. The van der Waals surface area contributed by atoms with Crippen LogP contribution in [0, 0.1) is 16.2 Å². The Labute approximate surface area is 513 Å². The number of hydrogen-bond donors (Lipinski definition) is 0. The molecule has 26 nitrogen and oxygen atoms in total. The van der Waals surface area contributed by atoms with Gasteiger partial charge in [0.05, 0.1) is 66.1 Å². The van der Waals surface area contributed by atoms with Gasteiger partial charge in [-0.2, -0.15) is 0 Å². The molecule has 0 aliphatic carbocycles. The molecule has 3 amide bonds. The van der Waals surface area contributed by atoms with Crippen molar-refractivity contribution < 1.29 is 79.5 Å². The Hall–Kier alpha value is -2.06. The van der Waals surface area contributed by atoms with Crippen molar-refractivity contribution in [3.8, 4) is 0 Å². The lowest BCUT2D eigenvalue weighted by Gasteiger charge is -2.40. The van der Waals surface area contributed by atoms with Crippen LogP contribution < -0.4 is 0 Å². The number of piperazine rings is 2. The normalized spacial score (nSPS) is 18.4. The zero-order valence-electron chi connectivity index (χ0n) is 55.9. The average molecular weight is 1280 g/mol. The van der Waals surface area contributed by atoms with Gasteiger partial charge in [-0.05, 0) is 84.2 Å². The van der Waals surface area contributed by atoms with Crippen LogP contribution in [-0.4, -0.2) is 288 Å². The van der Waals surface area contributed by atoms with E-state index in [4.69, 9.17) is 51.5 Å². The summed E-state index contributed by atoms with van der Waals surface area (Å²) in [5, 5.41) is 0. The summed E-state index contributed by atoms with van der Waals surface area (Å²) in [5.41, 5.74) is -0.240. The first kappa shape index (κ1) is 81.0. The van der Waals surface area contributed by atoms with Crippen LogP contribution in [0.5, 0.6) is 0 Å². The van der Waals surface area contributed by atoms with Crippen molar-refractivity contribution in [2.75, 3.05) is 227 Å². The number of hydrogen-bond acceptors (Lipinski definition) is 17. The second kappa shape index (κ2) is 42.1.